The van der Waals surface area contributed by atoms with E-state index in [2.05, 4.69) is 19.2 Å². The van der Waals surface area contributed by atoms with Crippen LogP contribution in [0.3, 0.4) is 0 Å². The van der Waals surface area contributed by atoms with Crippen LogP contribution in [-0.4, -0.2) is 23.5 Å². The van der Waals surface area contributed by atoms with Crippen molar-refractivity contribution in [2.24, 2.45) is 11.3 Å². The molecule has 0 heterocycles. The first-order valence-corrected chi connectivity index (χ1v) is 8.40. The molecule has 2 N–H and O–H groups in total. The van der Waals surface area contributed by atoms with Gasteiger partial charge in [-0.3, -0.25) is 9.59 Å². The van der Waals surface area contributed by atoms with E-state index in [4.69, 9.17) is 5.11 Å². The quantitative estimate of drug-likeness (QED) is 0.637. The summed E-state index contributed by atoms with van der Waals surface area (Å²) in [5.41, 5.74) is 0.298. The number of carbonyl (C=O) groups excluding carboxylic acids is 1. The zero-order chi connectivity index (χ0) is 15.7. The minimum atomic E-state index is -0.724. The Morgan fingerprint density at radius 1 is 1.14 bits per heavy atom. The summed E-state index contributed by atoms with van der Waals surface area (Å²) in [7, 11) is 0. The number of hydrogen-bond acceptors (Lipinski definition) is 2. The van der Waals surface area contributed by atoms with Gasteiger partial charge in [0.1, 0.15) is 0 Å². The Hall–Kier alpha value is -1.06. The monoisotopic (exact) mass is 297 g/mol. The third-order valence-corrected chi connectivity index (χ3v) is 4.80. The lowest BCUT2D eigenvalue weighted by Crippen LogP contribution is -2.34. The van der Waals surface area contributed by atoms with Gasteiger partial charge in [0.25, 0.3) is 0 Å². The summed E-state index contributed by atoms with van der Waals surface area (Å²) in [4.78, 5) is 22.4. The Morgan fingerprint density at radius 3 is 2.52 bits per heavy atom. The first-order valence-electron chi connectivity index (χ1n) is 8.40. The molecular weight excluding hydrogens is 266 g/mol. The zero-order valence-electron chi connectivity index (χ0n) is 13.6. The van der Waals surface area contributed by atoms with Crippen LogP contribution < -0.4 is 5.32 Å². The second kappa shape index (κ2) is 9.06. The van der Waals surface area contributed by atoms with Crippen molar-refractivity contribution in [3.8, 4) is 0 Å². The number of nitrogens with one attached hydrogen (secondary N) is 1. The molecule has 1 fully saturated rings. The lowest BCUT2D eigenvalue weighted by atomic mass is 9.67. The summed E-state index contributed by atoms with van der Waals surface area (Å²) in [5.74, 6) is -0.0271. The second-order valence-electron chi connectivity index (χ2n) is 7.04. The van der Waals surface area contributed by atoms with Gasteiger partial charge < -0.3 is 10.4 Å². The number of amides is 1. The van der Waals surface area contributed by atoms with Crippen LogP contribution in [0.2, 0.25) is 0 Å². The molecule has 1 amide bonds. The predicted molar refractivity (Wildman–Crippen MR) is 84.1 cm³/mol. The number of carbonyl (C=O) groups is 2. The molecule has 1 rings (SSSR count). The van der Waals surface area contributed by atoms with E-state index < -0.39 is 5.97 Å². The average Bonchev–Trinajstić information content (AvgIpc) is 2.39. The van der Waals surface area contributed by atoms with Gasteiger partial charge in [-0.2, -0.15) is 0 Å². The highest BCUT2D eigenvalue weighted by atomic mass is 16.4. The Kier molecular flexibility index (Phi) is 7.76. The van der Waals surface area contributed by atoms with Crippen LogP contribution in [0.4, 0.5) is 0 Å². The highest BCUT2D eigenvalue weighted by Crippen LogP contribution is 2.42. The maximum absolute atomic E-state index is 12.0. The molecular formula is C17H31NO3. The molecule has 21 heavy (non-hydrogen) atoms. The van der Waals surface area contributed by atoms with E-state index in [-0.39, 0.29) is 12.3 Å². The van der Waals surface area contributed by atoms with Crippen molar-refractivity contribution in [1.29, 1.82) is 0 Å². The minimum absolute atomic E-state index is 0.181. The fraction of sp³-hybridized carbons (Fsp3) is 0.882. The van der Waals surface area contributed by atoms with Crippen molar-refractivity contribution in [3.05, 3.63) is 0 Å². The Labute approximate surface area is 128 Å². The van der Waals surface area contributed by atoms with Crippen molar-refractivity contribution in [2.75, 3.05) is 6.54 Å². The maximum atomic E-state index is 12.0. The maximum Gasteiger partial charge on any atom is 0.303 e. The number of rotatable bonds is 9. The molecule has 1 atom stereocenters. The lowest BCUT2D eigenvalue weighted by molar-refractivity contribution is -0.137. The van der Waals surface area contributed by atoms with E-state index >= 15 is 0 Å². The fourth-order valence-electron chi connectivity index (χ4n) is 3.22. The molecule has 1 saturated carbocycles. The van der Waals surface area contributed by atoms with Gasteiger partial charge >= 0.3 is 5.97 Å². The number of aliphatic carboxylic acids is 1. The fourth-order valence-corrected chi connectivity index (χ4v) is 3.22. The summed E-state index contributed by atoms with van der Waals surface area (Å²) in [6.07, 6.45) is 9.46. The Bertz CT molecular complexity index is 339. The normalized spacial score (nSPS) is 21.0. The van der Waals surface area contributed by atoms with Gasteiger partial charge in [0.05, 0.1) is 0 Å². The highest BCUT2D eigenvalue weighted by Gasteiger charge is 2.33. The molecule has 1 aliphatic rings. The van der Waals surface area contributed by atoms with Crippen molar-refractivity contribution in [3.63, 3.8) is 0 Å². The first-order chi connectivity index (χ1) is 9.92. The van der Waals surface area contributed by atoms with Gasteiger partial charge in [-0.15, -0.1) is 0 Å². The average molecular weight is 297 g/mol. The molecule has 0 saturated heterocycles. The number of carboxylic acids is 1. The van der Waals surface area contributed by atoms with Crippen LogP contribution >= 0.6 is 0 Å². The van der Waals surface area contributed by atoms with Crippen LogP contribution in [0, 0.1) is 11.3 Å². The van der Waals surface area contributed by atoms with Gasteiger partial charge in [0.2, 0.25) is 5.91 Å². The highest BCUT2D eigenvalue weighted by molar-refractivity contribution is 5.76. The SMILES string of the molecule is CC1(C)CCCCC1CC(=O)NCCCCCCC(=O)O. The summed E-state index contributed by atoms with van der Waals surface area (Å²) < 4.78 is 0. The van der Waals surface area contributed by atoms with Crippen molar-refractivity contribution in [1.82, 2.24) is 5.32 Å². The molecule has 0 aromatic carbocycles. The first kappa shape index (κ1) is 18.0. The van der Waals surface area contributed by atoms with Gasteiger partial charge in [-0.1, -0.05) is 39.5 Å². The van der Waals surface area contributed by atoms with E-state index in [1.54, 1.807) is 0 Å². The third kappa shape index (κ3) is 7.49. The summed E-state index contributed by atoms with van der Waals surface area (Å²) >= 11 is 0. The van der Waals surface area contributed by atoms with Crippen LogP contribution in [0.1, 0.15) is 78.1 Å². The Balaban J connectivity index is 2.07. The van der Waals surface area contributed by atoms with E-state index in [0.29, 0.717) is 17.8 Å². The van der Waals surface area contributed by atoms with E-state index in [1.165, 1.54) is 25.7 Å². The third-order valence-electron chi connectivity index (χ3n) is 4.80. The minimum Gasteiger partial charge on any atom is -0.481 e. The molecule has 122 valence electrons. The molecule has 1 aliphatic carbocycles. The van der Waals surface area contributed by atoms with Crippen LogP contribution in [0.25, 0.3) is 0 Å². The molecule has 4 nitrogen and oxygen atoms in total. The molecule has 1 unspecified atom stereocenters. The smallest absolute Gasteiger partial charge is 0.303 e. The summed E-state index contributed by atoms with van der Waals surface area (Å²) in [6.45, 7) is 5.29. The molecule has 0 aromatic heterocycles. The number of carboxylic acid groups (broad SMARTS) is 1. The molecule has 0 aromatic rings. The Morgan fingerprint density at radius 2 is 1.86 bits per heavy atom. The second-order valence-corrected chi connectivity index (χ2v) is 7.04. The van der Waals surface area contributed by atoms with Gasteiger partial charge in [0.15, 0.2) is 0 Å². The topological polar surface area (TPSA) is 66.4 Å². The van der Waals surface area contributed by atoms with Crippen LogP contribution in [0.15, 0.2) is 0 Å². The standard InChI is InChI=1S/C17H31NO3/c1-17(2)11-7-6-9-14(17)13-15(19)18-12-8-4-3-5-10-16(20)21/h14H,3-13H2,1-2H3,(H,18,19)(H,20,21). The van der Waals surface area contributed by atoms with Crippen LogP contribution in [-0.2, 0) is 9.59 Å². The molecule has 0 aliphatic heterocycles. The molecule has 0 bridgehead atoms. The van der Waals surface area contributed by atoms with Crippen LogP contribution in [0.5, 0.6) is 0 Å². The summed E-state index contributed by atoms with van der Waals surface area (Å²) in [6, 6.07) is 0. The van der Waals surface area contributed by atoms with E-state index in [1.807, 2.05) is 0 Å². The van der Waals surface area contributed by atoms with Crippen molar-refractivity contribution in [2.45, 2.75) is 78.1 Å². The van der Waals surface area contributed by atoms with Gasteiger partial charge in [0, 0.05) is 19.4 Å². The predicted octanol–water partition coefficient (Wildman–Crippen LogP) is 3.74. The van der Waals surface area contributed by atoms with Crippen molar-refractivity contribution < 1.29 is 14.7 Å². The number of hydrogen-bond donors (Lipinski definition) is 2. The van der Waals surface area contributed by atoms with Gasteiger partial charge in [-0.25, -0.2) is 0 Å². The molecule has 0 radical (unpaired) electrons. The van der Waals surface area contributed by atoms with Gasteiger partial charge in [-0.05, 0) is 37.0 Å². The number of unbranched alkanes of at least 4 members (excludes halogenated alkanes) is 3. The zero-order valence-corrected chi connectivity index (χ0v) is 13.6. The molecule has 0 spiro atoms. The van der Waals surface area contributed by atoms with E-state index in [9.17, 15) is 9.59 Å². The molecule has 4 heteroatoms. The van der Waals surface area contributed by atoms with E-state index in [0.717, 1.165) is 32.2 Å². The van der Waals surface area contributed by atoms with Crippen molar-refractivity contribution >= 4 is 11.9 Å². The largest absolute Gasteiger partial charge is 0.481 e. The summed E-state index contributed by atoms with van der Waals surface area (Å²) in [5, 5.41) is 11.5. The lowest BCUT2D eigenvalue weighted by Gasteiger charge is -2.38.